The summed E-state index contributed by atoms with van der Waals surface area (Å²) in [5, 5.41) is 0. The zero-order valence-corrected chi connectivity index (χ0v) is 12.1. The summed E-state index contributed by atoms with van der Waals surface area (Å²) in [5.41, 5.74) is 8.14. The third kappa shape index (κ3) is 3.21. The summed E-state index contributed by atoms with van der Waals surface area (Å²) in [6.07, 6.45) is 1.25. The van der Waals surface area contributed by atoms with Gasteiger partial charge in [0.1, 0.15) is 0 Å². The number of nitrogen functional groups attached to an aromatic ring is 1. The van der Waals surface area contributed by atoms with Crippen LogP contribution in [0.4, 0.5) is 5.69 Å². The SMILES string of the molecule is CN(C)C1CCN(Cc2ccc(Br)cc2N)C1. The first kappa shape index (κ1) is 12.9. The van der Waals surface area contributed by atoms with Crippen molar-refractivity contribution >= 4 is 21.6 Å². The summed E-state index contributed by atoms with van der Waals surface area (Å²) in [4.78, 5) is 4.79. The molecule has 1 fully saturated rings. The van der Waals surface area contributed by atoms with Crippen LogP contribution in [-0.2, 0) is 6.54 Å². The molecular weight excluding hydrogens is 278 g/mol. The van der Waals surface area contributed by atoms with Gasteiger partial charge in [0.25, 0.3) is 0 Å². The van der Waals surface area contributed by atoms with Crippen LogP contribution in [0.25, 0.3) is 0 Å². The lowest BCUT2D eigenvalue weighted by Gasteiger charge is -2.20. The molecule has 0 saturated carbocycles. The first-order chi connectivity index (χ1) is 8.06. The second kappa shape index (κ2) is 5.38. The quantitative estimate of drug-likeness (QED) is 0.868. The Morgan fingerprint density at radius 3 is 2.82 bits per heavy atom. The van der Waals surface area contributed by atoms with Crippen molar-refractivity contribution in [3.05, 3.63) is 28.2 Å². The van der Waals surface area contributed by atoms with Crippen molar-refractivity contribution in [1.82, 2.24) is 9.80 Å². The van der Waals surface area contributed by atoms with E-state index in [0.717, 1.165) is 23.2 Å². The molecule has 0 spiro atoms. The molecule has 1 aromatic carbocycles. The fraction of sp³-hybridized carbons (Fsp3) is 0.538. The number of benzene rings is 1. The Hall–Kier alpha value is -0.580. The smallest absolute Gasteiger partial charge is 0.0371 e. The van der Waals surface area contributed by atoms with Gasteiger partial charge in [-0.2, -0.15) is 0 Å². The van der Waals surface area contributed by atoms with Crippen molar-refractivity contribution < 1.29 is 0 Å². The fourth-order valence-corrected chi connectivity index (χ4v) is 2.71. The van der Waals surface area contributed by atoms with Crippen LogP contribution in [0, 0.1) is 0 Å². The van der Waals surface area contributed by atoms with Crippen LogP contribution in [0.2, 0.25) is 0 Å². The van der Waals surface area contributed by atoms with Crippen molar-refractivity contribution in [2.24, 2.45) is 0 Å². The molecule has 2 N–H and O–H groups in total. The molecule has 94 valence electrons. The van der Waals surface area contributed by atoms with Crippen LogP contribution in [0.15, 0.2) is 22.7 Å². The van der Waals surface area contributed by atoms with E-state index in [2.05, 4.69) is 52.0 Å². The van der Waals surface area contributed by atoms with Crippen LogP contribution in [-0.4, -0.2) is 43.0 Å². The van der Waals surface area contributed by atoms with Crippen molar-refractivity contribution in [2.45, 2.75) is 19.0 Å². The highest BCUT2D eigenvalue weighted by Crippen LogP contribution is 2.22. The molecule has 1 heterocycles. The van der Waals surface area contributed by atoms with Crippen LogP contribution in [0.3, 0.4) is 0 Å². The van der Waals surface area contributed by atoms with Gasteiger partial charge >= 0.3 is 0 Å². The summed E-state index contributed by atoms with van der Waals surface area (Å²) in [6.45, 7) is 3.27. The van der Waals surface area contributed by atoms with Crippen LogP contribution in [0.5, 0.6) is 0 Å². The third-order valence-corrected chi connectivity index (χ3v) is 3.97. The second-order valence-corrected chi connectivity index (χ2v) is 5.90. The number of hydrogen-bond donors (Lipinski definition) is 1. The molecule has 3 nitrogen and oxygen atoms in total. The normalized spacial score (nSPS) is 21.3. The highest BCUT2D eigenvalue weighted by Gasteiger charge is 2.24. The first-order valence-electron chi connectivity index (χ1n) is 5.99. The lowest BCUT2D eigenvalue weighted by atomic mass is 10.2. The Bertz CT molecular complexity index is 392. The fourth-order valence-electron chi connectivity index (χ4n) is 2.33. The average molecular weight is 298 g/mol. The van der Waals surface area contributed by atoms with Crippen molar-refractivity contribution in [2.75, 3.05) is 32.9 Å². The maximum Gasteiger partial charge on any atom is 0.0371 e. The van der Waals surface area contributed by atoms with E-state index in [-0.39, 0.29) is 0 Å². The summed E-state index contributed by atoms with van der Waals surface area (Å²) in [6, 6.07) is 6.84. The summed E-state index contributed by atoms with van der Waals surface area (Å²) >= 11 is 3.44. The molecule has 0 aromatic heterocycles. The minimum Gasteiger partial charge on any atom is -0.398 e. The predicted molar refractivity (Wildman–Crippen MR) is 75.9 cm³/mol. The summed E-state index contributed by atoms with van der Waals surface area (Å²) in [7, 11) is 4.31. The highest BCUT2D eigenvalue weighted by atomic mass is 79.9. The summed E-state index contributed by atoms with van der Waals surface area (Å²) < 4.78 is 1.05. The number of likely N-dealkylation sites (N-methyl/N-ethyl adjacent to an activating group) is 1. The Kier molecular flexibility index (Phi) is 4.07. The maximum absolute atomic E-state index is 6.03. The van der Waals surface area contributed by atoms with E-state index in [1.165, 1.54) is 18.5 Å². The number of hydrogen-bond acceptors (Lipinski definition) is 3. The monoisotopic (exact) mass is 297 g/mol. The molecule has 2 rings (SSSR count). The number of nitrogens with zero attached hydrogens (tertiary/aromatic N) is 2. The molecule has 1 saturated heterocycles. The van der Waals surface area contributed by atoms with Gasteiger partial charge in [-0.15, -0.1) is 0 Å². The number of likely N-dealkylation sites (tertiary alicyclic amines) is 1. The number of halogens is 1. The van der Waals surface area contributed by atoms with E-state index in [1.807, 2.05) is 6.07 Å². The Morgan fingerprint density at radius 1 is 1.47 bits per heavy atom. The molecular formula is C13H20BrN3. The van der Waals surface area contributed by atoms with Gasteiger partial charge in [-0.05, 0) is 38.2 Å². The van der Waals surface area contributed by atoms with Crippen LogP contribution < -0.4 is 5.73 Å². The van der Waals surface area contributed by atoms with E-state index < -0.39 is 0 Å². The van der Waals surface area contributed by atoms with Gasteiger partial charge in [0, 0.05) is 35.8 Å². The zero-order valence-electron chi connectivity index (χ0n) is 10.5. The zero-order chi connectivity index (χ0) is 12.4. The van der Waals surface area contributed by atoms with Crippen molar-refractivity contribution in [1.29, 1.82) is 0 Å². The minimum atomic E-state index is 0.687. The number of nitrogens with two attached hydrogens (primary N) is 1. The van der Waals surface area contributed by atoms with Gasteiger partial charge in [0.15, 0.2) is 0 Å². The van der Waals surface area contributed by atoms with Gasteiger partial charge in [0.05, 0.1) is 0 Å². The van der Waals surface area contributed by atoms with E-state index in [0.29, 0.717) is 6.04 Å². The van der Waals surface area contributed by atoms with Crippen LogP contribution >= 0.6 is 15.9 Å². The lowest BCUT2D eigenvalue weighted by Crippen LogP contribution is -2.31. The number of anilines is 1. The molecule has 1 unspecified atom stereocenters. The molecule has 0 aliphatic carbocycles. The first-order valence-corrected chi connectivity index (χ1v) is 6.78. The van der Waals surface area contributed by atoms with Gasteiger partial charge < -0.3 is 10.6 Å². The minimum absolute atomic E-state index is 0.687. The van der Waals surface area contributed by atoms with Crippen molar-refractivity contribution in [3.8, 4) is 0 Å². The van der Waals surface area contributed by atoms with Gasteiger partial charge in [-0.25, -0.2) is 0 Å². The molecule has 0 bridgehead atoms. The molecule has 1 atom stereocenters. The molecule has 0 radical (unpaired) electrons. The molecule has 4 heteroatoms. The molecule has 17 heavy (non-hydrogen) atoms. The van der Waals surface area contributed by atoms with Gasteiger partial charge in [-0.1, -0.05) is 22.0 Å². The third-order valence-electron chi connectivity index (χ3n) is 3.48. The average Bonchev–Trinajstić information content (AvgIpc) is 2.71. The predicted octanol–water partition coefficient (Wildman–Crippen LogP) is 2.17. The molecule has 0 amide bonds. The van der Waals surface area contributed by atoms with E-state index >= 15 is 0 Å². The number of rotatable bonds is 3. The Morgan fingerprint density at radius 2 is 2.24 bits per heavy atom. The second-order valence-electron chi connectivity index (χ2n) is 4.98. The molecule has 1 aromatic rings. The van der Waals surface area contributed by atoms with E-state index in [1.54, 1.807) is 0 Å². The standard InChI is InChI=1S/C13H20BrN3/c1-16(2)12-5-6-17(9-12)8-10-3-4-11(14)7-13(10)15/h3-4,7,12H,5-6,8-9,15H2,1-2H3. The lowest BCUT2D eigenvalue weighted by molar-refractivity contribution is 0.265. The molecule has 1 aliphatic heterocycles. The topological polar surface area (TPSA) is 32.5 Å². The highest BCUT2D eigenvalue weighted by molar-refractivity contribution is 9.10. The molecule has 1 aliphatic rings. The van der Waals surface area contributed by atoms with Crippen LogP contribution in [0.1, 0.15) is 12.0 Å². The van der Waals surface area contributed by atoms with E-state index in [9.17, 15) is 0 Å². The largest absolute Gasteiger partial charge is 0.398 e. The van der Waals surface area contributed by atoms with Gasteiger partial charge in [0.2, 0.25) is 0 Å². The van der Waals surface area contributed by atoms with Gasteiger partial charge in [-0.3, -0.25) is 4.90 Å². The Labute approximate surface area is 112 Å². The summed E-state index contributed by atoms with van der Waals surface area (Å²) in [5.74, 6) is 0. The van der Waals surface area contributed by atoms with E-state index in [4.69, 9.17) is 5.73 Å². The maximum atomic E-state index is 6.03. The van der Waals surface area contributed by atoms with Crippen molar-refractivity contribution in [3.63, 3.8) is 0 Å². The Balaban J connectivity index is 1.98.